The molecule has 1 aliphatic heterocycles. The maximum absolute atomic E-state index is 13.0. The molecule has 0 N–H and O–H groups in total. The predicted octanol–water partition coefficient (Wildman–Crippen LogP) is 3.61. The van der Waals surface area contributed by atoms with Crippen LogP contribution in [0.3, 0.4) is 0 Å². The van der Waals surface area contributed by atoms with E-state index in [0.29, 0.717) is 37.4 Å². The van der Waals surface area contributed by atoms with Gasteiger partial charge in [-0.3, -0.25) is 4.79 Å². The number of ether oxygens (including phenoxy) is 3. The fourth-order valence-electron chi connectivity index (χ4n) is 3.48. The highest BCUT2D eigenvalue weighted by atomic mass is 32.1. The van der Waals surface area contributed by atoms with E-state index in [1.165, 1.54) is 0 Å². The van der Waals surface area contributed by atoms with Gasteiger partial charge in [0.25, 0.3) is 0 Å². The Hall–Kier alpha value is -2.12. The van der Waals surface area contributed by atoms with Gasteiger partial charge in [-0.05, 0) is 37.8 Å². The molecule has 1 aromatic carbocycles. The number of benzene rings is 1. The molecule has 3 rings (SSSR count). The van der Waals surface area contributed by atoms with Crippen molar-refractivity contribution in [3.05, 3.63) is 39.8 Å². The smallest absolute Gasteiger partial charge is 0.223 e. The molecule has 0 radical (unpaired) electrons. The molecule has 6 nitrogen and oxygen atoms in total. The lowest BCUT2D eigenvalue weighted by Gasteiger charge is -2.25. The molecule has 2 heterocycles. The van der Waals surface area contributed by atoms with Crippen LogP contribution in [0, 0.1) is 6.92 Å². The van der Waals surface area contributed by atoms with Crippen molar-refractivity contribution in [2.45, 2.75) is 45.3 Å². The van der Waals surface area contributed by atoms with Crippen LogP contribution in [-0.4, -0.2) is 49.3 Å². The molecular formula is C21H28N2O4S. The Morgan fingerprint density at radius 2 is 2.21 bits per heavy atom. The average Bonchev–Trinajstić information content (AvgIpc) is 3.36. The molecule has 7 heteroatoms. The maximum Gasteiger partial charge on any atom is 0.223 e. The third-order valence-corrected chi connectivity index (χ3v) is 5.84. The summed E-state index contributed by atoms with van der Waals surface area (Å²) >= 11 is 1.60. The number of amides is 1. The molecule has 2 aromatic rings. The molecule has 0 saturated carbocycles. The summed E-state index contributed by atoms with van der Waals surface area (Å²) in [5.41, 5.74) is 1.96. The van der Waals surface area contributed by atoms with Crippen molar-refractivity contribution in [2.75, 3.05) is 27.4 Å². The van der Waals surface area contributed by atoms with Gasteiger partial charge in [-0.2, -0.15) is 0 Å². The second kappa shape index (κ2) is 9.89. The molecule has 0 unspecified atom stereocenters. The number of carbonyl (C=O) groups is 1. The lowest BCUT2D eigenvalue weighted by Crippen LogP contribution is -2.37. The van der Waals surface area contributed by atoms with Crippen LogP contribution in [0.15, 0.2) is 23.6 Å². The number of aryl methyl sites for hydroxylation is 2. The minimum atomic E-state index is 0.105. The summed E-state index contributed by atoms with van der Waals surface area (Å²) in [6, 6.07) is 5.76. The summed E-state index contributed by atoms with van der Waals surface area (Å²) in [6.45, 7) is 3.91. The topological polar surface area (TPSA) is 60.9 Å². The van der Waals surface area contributed by atoms with Gasteiger partial charge in [0.05, 0.1) is 26.9 Å². The van der Waals surface area contributed by atoms with Gasteiger partial charge in [-0.15, -0.1) is 11.3 Å². The number of hydrogen-bond acceptors (Lipinski definition) is 6. The van der Waals surface area contributed by atoms with Crippen LogP contribution < -0.4 is 9.47 Å². The number of thiazole rings is 1. The highest BCUT2D eigenvalue weighted by Crippen LogP contribution is 2.31. The van der Waals surface area contributed by atoms with E-state index in [2.05, 4.69) is 4.98 Å². The molecule has 1 atom stereocenters. The molecule has 1 aromatic heterocycles. The van der Waals surface area contributed by atoms with Crippen LogP contribution in [0.4, 0.5) is 0 Å². The van der Waals surface area contributed by atoms with Gasteiger partial charge >= 0.3 is 0 Å². The summed E-state index contributed by atoms with van der Waals surface area (Å²) in [5, 5.41) is 2.98. The first kappa shape index (κ1) is 20.6. The molecular weight excluding hydrogens is 376 g/mol. The van der Waals surface area contributed by atoms with Gasteiger partial charge in [0, 0.05) is 30.6 Å². The van der Waals surface area contributed by atoms with Crippen LogP contribution >= 0.6 is 11.3 Å². The molecule has 0 spiro atoms. The Kier molecular flexibility index (Phi) is 7.28. The normalized spacial score (nSPS) is 16.2. The van der Waals surface area contributed by atoms with Gasteiger partial charge in [-0.1, -0.05) is 12.1 Å². The van der Waals surface area contributed by atoms with E-state index in [4.69, 9.17) is 14.2 Å². The highest BCUT2D eigenvalue weighted by Gasteiger charge is 2.24. The van der Waals surface area contributed by atoms with Crippen LogP contribution in [0.2, 0.25) is 0 Å². The Morgan fingerprint density at radius 3 is 2.86 bits per heavy atom. The lowest BCUT2D eigenvalue weighted by atomic mass is 10.1. The molecule has 152 valence electrons. The first-order valence-corrected chi connectivity index (χ1v) is 10.5. The van der Waals surface area contributed by atoms with Crippen molar-refractivity contribution in [1.82, 2.24) is 9.88 Å². The van der Waals surface area contributed by atoms with Crippen molar-refractivity contribution in [2.24, 2.45) is 0 Å². The van der Waals surface area contributed by atoms with Crippen LogP contribution in [0.25, 0.3) is 0 Å². The largest absolute Gasteiger partial charge is 0.493 e. The molecule has 1 fully saturated rings. The summed E-state index contributed by atoms with van der Waals surface area (Å²) in [7, 11) is 3.24. The second-order valence-electron chi connectivity index (χ2n) is 6.94. The van der Waals surface area contributed by atoms with Crippen molar-refractivity contribution in [3.8, 4) is 11.5 Å². The summed E-state index contributed by atoms with van der Waals surface area (Å²) in [6.07, 6.45) is 3.18. The maximum atomic E-state index is 13.0. The van der Waals surface area contributed by atoms with E-state index in [-0.39, 0.29) is 12.0 Å². The van der Waals surface area contributed by atoms with Gasteiger partial charge in [0.1, 0.15) is 5.01 Å². The van der Waals surface area contributed by atoms with Crippen molar-refractivity contribution < 1.29 is 19.0 Å². The van der Waals surface area contributed by atoms with Crippen LogP contribution in [-0.2, 0) is 22.5 Å². The van der Waals surface area contributed by atoms with E-state index in [9.17, 15) is 4.79 Å². The molecule has 28 heavy (non-hydrogen) atoms. The molecule has 1 saturated heterocycles. The van der Waals surface area contributed by atoms with E-state index >= 15 is 0 Å². The van der Waals surface area contributed by atoms with Crippen LogP contribution in [0.1, 0.15) is 35.5 Å². The number of aromatic nitrogens is 1. The summed E-state index contributed by atoms with van der Waals surface area (Å²) in [4.78, 5) is 19.5. The molecule has 0 bridgehead atoms. The highest BCUT2D eigenvalue weighted by molar-refractivity contribution is 7.09. The Bertz CT molecular complexity index is 786. The van der Waals surface area contributed by atoms with Gasteiger partial charge < -0.3 is 19.1 Å². The number of methoxy groups -OCH3 is 2. The molecule has 1 aliphatic rings. The van der Waals surface area contributed by atoms with Gasteiger partial charge in [0.15, 0.2) is 11.5 Å². The van der Waals surface area contributed by atoms with E-state index < -0.39 is 0 Å². The molecule has 1 amide bonds. The minimum absolute atomic E-state index is 0.105. The first-order chi connectivity index (χ1) is 13.6. The van der Waals surface area contributed by atoms with E-state index in [0.717, 1.165) is 35.7 Å². The zero-order valence-electron chi connectivity index (χ0n) is 16.8. The molecule has 0 aliphatic carbocycles. The standard InChI is InChI=1S/C21H28N2O4S/c1-15-14-28-19(22-15)13-23(12-17-7-5-11-27-17)20(24)10-9-16-6-4-8-18(25-2)21(16)26-3/h4,6,8,14,17H,5,7,9-13H2,1-3H3/t17-/m0/s1. The predicted molar refractivity (Wildman–Crippen MR) is 109 cm³/mol. The summed E-state index contributed by atoms with van der Waals surface area (Å²) < 4.78 is 16.6. The number of para-hydroxylation sites is 1. The fraction of sp³-hybridized carbons (Fsp3) is 0.524. The lowest BCUT2D eigenvalue weighted by molar-refractivity contribution is -0.133. The van der Waals surface area contributed by atoms with Gasteiger partial charge in [0.2, 0.25) is 5.91 Å². The van der Waals surface area contributed by atoms with Crippen molar-refractivity contribution in [1.29, 1.82) is 0 Å². The SMILES string of the molecule is COc1cccc(CCC(=O)N(Cc2nc(C)cs2)C[C@@H]2CCCO2)c1OC. The zero-order chi connectivity index (χ0) is 19.9. The second-order valence-corrected chi connectivity index (χ2v) is 7.89. The average molecular weight is 405 g/mol. The van der Waals surface area contributed by atoms with Crippen LogP contribution in [0.5, 0.6) is 11.5 Å². The Labute approximate surface area is 170 Å². The number of rotatable bonds is 9. The fourth-order valence-corrected chi connectivity index (χ4v) is 4.26. The Balaban J connectivity index is 1.68. The number of hydrogen-bond donors (Lipinski definition) is 0. The monoisotopic (exact) mass is 404 g/mol. The van der Waals surface area contributed by atoms with Crippen molar-refractivity contribution >= 4 is 17.2 Å². The zero-order valence-corrected chi connectivity index (χ0v) is 17.6. The number of carbonyl (C=O) groups excluding carboxylic acids is 1. The Morgan fingerprint density at radius 1 is 1.36 bits per heavy atom. The van der Waals surface area contributed by atoms with E-state index in [1.807, 2.05) is 35.4 Å². The van der Waals surface area contributed by atoms with E-state index in [1.54, 1.807) is 25.6 Å². The minimum Gasteiger partial charge on any atom is -0.493 e. The number of nitrogens with zero attached hydrogens (tertiary/aromatic N) is 2. The third-order valence-electron chi connectivity index (χ3n) is 4.89. The first-order valence-electron chi connectivity index (χ1n) is 9.61. The summed E-state index contributed by atoms with van der Waals surface area (Å²) in [5.74, 6) is 1.48. The van der Waals surface area contributed by atoms with Crippen molar-refractivity contribution in [3.63, 3.8) is 0 Å². The third kappa shape index (κ3) is 5.23. The quantitative estimate of drug-likeness (QED) is 0.639. The van der Waals surface area contributed by atoms with Gasteiger partial charge in [-0.25, -0.2) is 4.98 Å².